The fourth-order valence-electron chi connectivity index (χ4n) is 3.00. The van der Waals surface area contributed by atoms with E-state index in [0.717, 1.165) is 30.6 Å². The number of allylic oxidation sites excluding steroid dienone is 1. The minimum absolute atomic E-state index is 0.147. The average Bonchev–Trinajstić information content (AvgIpc) is 2.77. The van der Waals surface area contributed by atoms with E-state index in [4.69, 9.17) is 9.32 Å². The fourth-order valence-corrected chi connectivity index (χ4v) is 4.98. The zero-order chi connectivity index (χ0) is 15.0. The number of hydrogen-bond acceptors (Lipinski definition) is 4. The predicted molar refractivity (Wildman–Crippen MR) is 81.1 cm³/mol. The van der Waals surface area contributed by atoms with Gasteiger partial charge in [-0.25, -0.2) is 4.21 Å². The molecule has 114 valence electrons. The van der Waals surface area contributed by atoms with E-state index in [9.17, 15) is 12.6 Å². The molecule has 0 amide bonds. The summed E-state index contributed by atoms with van der Waals surface area (Å²) in [6.45, 7) is 0. The van der Waals surface area contributed by atoms with E-state index in [-0.39, 0.29) is 5.75 Å². The summed E-state index contributed by atoms with van der Waals surface area (Å²) in [6, 6.07) is 4.91. The Morgan fingerprint density at radius 3 is 2.57 bits per heavy atom. The van der Waals surface area contributed by atoms with Crippen LogP contribution in [-0.2, 0) is 21.1 Å². The summed E-state index contributed by atoms with van der Waals surface area (Å²) in [5.74, 6) is 0.462. The topological polar surface area (TPSA) is 86.5 Å². The van der Waals surface area contributed by atoms with Gasteiger partial charge in [0.1, 0.15) is 0 Å². The van der Waals surface area contributed by atoms with Gasteiger partial charge in [0, 0.05) is 10.5 Å². The van der Waals surface area contributed by atoms with Gasteiger partial charge in [-0.05, 0) is 37.0 Å². The molecule has 2 aliphatic rings. The van der Waals surface area contributed by atoms with Crippen molar-refractivity contribution in [2.24, 2.45) is 11.1 Å². The van der Waals surface area contributed by atoms with E-state index in [1.165, 1.54) is 12.5 Å². The van der Waals surface area contributed by atoms with Gasteiger partial charge in [-0.15, -0.1) is 0 Å². The van der Waals surface area contributed by atoms with Crippen molar-refractivity contribution in [3.05, 3.63) is 28.7 Å². The second-order valence-corrected chi connectivity index (χ2v) is 8.00. The molecule has 0 radical (unpaired) electrons. The lowest BCUT2D eigenvalue weighted by Crippen LogP contribution is -2.19. The Labute approximate surface area is 126 Å². The van der Waals surface area contributed by atoms with Crippen molar-refractivity contribution in [2.75, 3.05) is 0 Å². The standard InChI is InChI=1S/C14H17NO4S2/c15-21(17,18)19-12-7-4-8-13-11(12)9-14(20(13)16)10-5-2-1-3-6-10/h4,7-10H,1-3,5-6H2,(H2,15,17,18). The Kier molecular flexibility index (Phi) is 3.90. The zero-order valence-electron chi connectivity index (χ0n) is 11.4. The lowest BCUT2D eigenvalue weighted by atomic mass is 9.88. The van der Waals surface area contributed by atoms with Gasteiger partial charge < -0.3 is 4.18 Å². The molecular weight excluding hydrogens is 310 g/mol. The van der Waals surface area contributed by atoms with Gasteiger partial charge in [-0.2, -0.15) is 13.6 Å². The normalized spacial score (nSPS) is 22.7. The molecule has 7 heteroatoms. The molecule has 0 saturated heterocycles. The number of nitrogens with two attached hydrogens (primary N) is 1. The number of benzene rings is 1. The van der Waals surface area contributed by atoms with Crippen LogP contribution in [0.15, 0.2) is 28.0 Å². The zero-order valence-corrected chi connectivity index (χ0v) is 13.1. The Morgan fingerprint density at radius 1 is 1.19 bits per heavy atom. The van der Waals surface area contributed by atoms with Crippen LogP contribution >= 0.6 is 0 Å². The Balaban J connectivity index is 1.98. The maximum atomic E-state index is 12.6. The highest BCUT2D eigenvalue weighted by molar-refractivity contribution is 7.89. The molecule has 1 aromatic rings. The average molecular weight is 327 g/mol. The first-order valence-electron chi connectivity index (χ1n) is 6.94. The van der Waals surface area contributed by atoms with Crippen molar-refractivity contribution in [3.63, 3.8) is 0 Å². The molecule has 2 N–H and O–H groups in total. The van der Waals surface area contributed by atoms with E-state index >= 15 is 0 Å². The smallest absolute Gasteiger partial charge is 0.370 e. The van der Waals surface area contributed by atoms with Crippen LogP contribution < -0.4 is 9.32 Å². The van der Waals surface area contributed by atoms with E-state index in [0.29, 0.717) is 16.4 Å². The monoisotopic (exact) mass is 327 g/mol. The Morgan fingerprint density at radius 2 is 1.90 bits per heavy atom. The molecule has 5 nitrogen and oxygen atoms in total. The van der Waals surface area contributed by atoms with Gasteiger partial charge in [-0.3, -0.25) is 0 Å². The Bertz CT molecular complexity index is 718. The third-order valence-electron chi connectivity index (χ3n) is 3.94. The molecule has 1 unspecified atom stereocenters. The van der Waals surface area contributed by atoms with Gasteiger partial charge >= 0.3 is 10.3 Å². The van der Waals surface area contributed by atoms with Gasteiger partial charge in [-0.1, -0.05) is 25.3 Å². The van der Waals surface area contributed by atoms with Crippen LogP contribution in [0.2, 0.25) is 0 Å². The molecular formula is C14H17NO4S2. The third kappa shape index (κ3) is 3.04. The molecule has 1 saturated carbocycles. The van der Waals surface area contributed by atoms with Crippen LogP contribution in [-0.4, -0.2) is 12.6 Å². The SMILES string of the molecule is NS(=O)(=O)Oc1cccc2c1C=C(C1CCCCC1)S2=O. The molecule has 1 heterocycles. The third-order valence-corrected chi connectivity index (χ3v) is 5.99. The van der Waals surface area contributed by atoms with Crippen LogP contribution in [0.4, 0.5) is 0 Å². The first-order chi connectivity index (χ1) is 9.96. The summed E-state index contributed by atoms with van der Waals surface area (Å²) in [6.07, 6.45) is 7.42. The fraction of sp³-hybridized carbons (Fsp3) is 0.429. The first-order valence-corrected chi connectivity index (χ1v) is 9.56. The van der Waals surface area contributed by atoms with Crippen molar-refractivity contribution in [2.45, 2.75) is 37.0 Å². The quantitative estimate of drug-likeness (QED) is 0.923. The summed E-state index contributed by atoms with van der Waals surface area (Å²) in [4.78, 5) is 1.49. The van der Waals surface area contributed by atoms with Crippen molar-refractivity contribution in [1.82, 2.24) is 0 Å². The maximum Gasteiger partial charge on any atom is 0.380 e. The minimum atomic E-state index is -4.09. The van der Waals surface area contributed by atoms with Crippen LogP contribution in [0.3, 0.4) is 0 Å². The molecule has 1 atom stereocenters. The highest BCUT2D eigenvalue weighted by Crippen LogP contribution is 2.42. The van der Waals surface area contributed by atoms with Crippen LogP contribution in [0, 0.1) is 5.92 Å². The second-order valence-electron chi connectivity index (χ2n) is 5.39. The molecule has 0 bridgehead atoms. The van der Waals surface area contributed by atoms with E-state index in [1.54, 1.807) is 12.1 Å². The van der Waals surface area contributed by atoms with E-state index < -0.39 is 21.1 Å². The summed E-state index contributed by atoms with van der Waals surface area (Å²) in [7, 11) is -5.31. The number of hydrogen-bond donors (Lipinski definition) is 1. The highest BCUT2D eigenvalue weighted by Gasteiger charge is 2.30. The van der Waals surface area contributed by atoms with Crippen molar-refractivity contribution < 1.29 is 16.8 Å². The van der Waals surface area contributed by atoms with Crippen molar-refractivity contribution in [1.29, 1.82) is 0 Å². The largest absolute Gasteiger partial charge is 0.380 e. The van der Waals surface area contributed by atoms with Gasteiger partial charge in [0.25, 0.3) is 0 Å². The molecule has 1 aliphatic heterocycles. The Hall–Kier alpha value is -1.18. The van der Waals surface area contributed by atoms with E-state index in [1.807, 2.05) is 6.08 Å². The summed E-state index contributed by atoms with van der Waals surface area (Å²) >= 11 is 0. The van der Waals surface area contributed by atoms with Crippen LogP contribution in [0.1, 0.15) is 37.7 Å². The molecule has 1 fully saturated rings. The molecule has 0 aromatic heterocycles. The number of rotatable bonds is 3. The molecule has 0 spiro atoms. The minimum Gasteiger partial charge on any atom is -0.370 e. The van der Waals surface area contributed by atoms with Gasteiger partial charge in [0.05, 0.1) is 15.7 Å². The first kappa shape index (κ1) is 14.7. The molecule has 3 rings (SSSR count). The molecule has 21 heavy (non-hydrogen) atoms. The molecule has 1 aromatic carbocycles. The summed E-state index contributed by atoms with van der Waals surface area (Å²) < 4.78 is 39.7. The van der Waals surface area contributed by atoms with Crippen LogP contribution in [0.25, 0.3) is 6.08 Å². The second kappa shape index (κ2) is 5.55. The highest BCUT2D eigenvalue weighted by atomic mass is 32.2. The maximum absolute atomic E-state index is 12.6. The number of fused-ring (bicyclic) bond motifs is 1. The van der Waals surface area contributed by atoms with E-state index in [2.05, 4.69) is 0 Å². The van der Waals surface area contributed by atoms with Gasteiger partial charge in [0.15, 0.2) is 5.75 Å². The van der Waals surface area contributed by atoms with Crippen molar-refractivity contribution in [3.8, 4) is 5.75 Å². The lowest BCUT2D eigenvalue weighted by molar-refractivity contribution is 0.415. The van der Waals surface area contributed by atoms with Crippen LogP contribution in [0.5, 0.6) is 5.75 Å². The van der Waals surface area contributed by atoms with Crippen molar-refractivity contribution >= 4 is 27.2 Å². The lowest BCUT2D eigenvalue weighted by Gasteiger charge is -2.21. The summed E-state index contributed by atoms with van der Waals surface area (Å²) in [5.41, 5.74) is 0.574. The molecule has 1 aliphatic carbocycles. The summed E-state index contributed by atoms with van der Waals surface area (Å²) in [5, 5.41) is 4.93. The predicted octanol–water partition coefficient (Wildman–Crippen LogP) is 2.31. The van der Waals surface area contributed by atoms with Gasteiger partial charge in [0.2, 0.25) is 0 Å².